The molecule has 2 atom stereocenters. The molecule has 29 heavy (non-hydrogen) atoms. The summed E-state index contributed by atoms with van der Waals surface area (Å²) in [6.45, 7) is 1.78. The molecule has 0 saturated carbocycles. The molecule has 0 radical (unpaired) electrons. The number of hydrogen-bond donors (Lipinski definition) is 1. The van der Waals surface area contributed by atoms with Crippen molar-refractivity contribution < 1.29 is 23.8 Å². The Balaban J connectivity index is 1.32. The van der Waals surface area contributed by atoms with E-state index in [9.17, 15) is 9.59 Å². The Bertz CT molecular complexity index is 952. The Morgan fingerprint density at radius 3 is 2.90 bits per heavy atom. The van der Waals surface area contributed by atoms with Crippen LogP contribution in [0.4, 0.5) is 0 Å². The molecule has 4 rings (SSSR count). The molecule has 0 bridgehead atoms. The van der Waals surface area contributed by atoms with Crippen LogP contribution in [0.2, 0.25) is 0 Å². The molecular weight excluding hydrogens is 370 g/mol. The molecule has 6 nitrogen and oxygen atoms in total. The summed E-state index contributed by atoms with van der Waals surface area (Å²) in [5.74, 6) is 0.450. The van der Waals surface area contributed by atoms with Crippen LogP contribution in [0.15, 0.2) is 48.5 Å². The van der Waals surface area contributed by atoms with Gasteiger partial charge >= 0.3 is 5.97 Å². The van der Waals surface area contributed by atoms with E-state index in [0.29, 0.717) is 11.5 Å². The average molecular weight is 393 g/mol. The van der Waals surface area contributed by atoms with E-state index in [0.717, 1.165) is 30.4 Å². The van der Waals surface area contributed by atoms with E-state index in [2.05, 4.69) is 11.4 Å². The highest BCUT2D eigenvalue weighted by Gasteiger charge is 2.25. The maximum Gasteiger partial charge on any atom is 0.331 e. The number of nitrogens with one attached hydrogen (secondary N) is 1. The lowest BCUT2D eigenvalue weighted by molar-refractivity contribution is -0.150. The van der Waals surface area contributed by atoms with Gasteiger partial charge in [-0.25, -0.2) is 4.79 Å². The number of aryl methyl sites for hydroxylation is 1. The highest BCUT2D eigenvalue weighted by molar-refractivity contribution is 5.90. The highest BCUT2D eigenvalue weighted by atomic mass is 16.7. The summed E-state index contributed by atoms with van der Waals surface area (Å²) < 4.78 is 15.8. The number of rotatable bonds is 5. The van der Waals surface area contributed by atoms with Crippen LogP contribution in [0.1, 0.15) is 42.5 Å². The molecule has 1 amide bonds. The van der Waals surface area contributed by atoms with E-state index < -0.39 is 12.1 Å². The van der Waals surface area contributed by atoms with Crippen molar-refractivity contribution in [1.82, 2.24) is 5.32 Å². The average Bonchev–Trinajstić information content (AvgIpc) is 3.20. The largest absolute Gasteiger partial charge is 0.454 e. The van der Waals surface area contributed by atoms with E-state index in [-0.39, 0.29) is 18.7 Å². The number of benzene rings is 2. The normalized spacial score (nSPS) is 18.2. The van der Waals surface area contributed by atoms with Crippen molar-refractivity contribution in [3.63, 3.8) is 0 Å². The van der Waals surface area contributed by atoms with Crippen molar-refractivity contribution >= 4 is 18.0 Å². The maximum absolute atomic E-state index is 12.5. The third kappa shape index (κ3) is 4.42. The second-order valence-corrected chi connectivity index (χ2v) is 7.18. The number of carbonyl (C=O) groups excluding carboxylic acids is 2. The van der Waals surface area contributed by atoms with Crippen LogP contribution in [-0.4, -0.2) is 24.8 Å². The summed E-state index contributed by atoms with van der Waals surface area (Å²) in [5.41, 5.74) is 3.19. The first-order valence-corrected chi connectivity index (χ1v) is 9.76. The summed E-state index contributed by atoms with van der Waals surface area (Å²) in [5, 5.41) is 3.01. The molecule has 2 aromatic rings. The summed E-state index contributed by atoms with van der Waals surface area (Å²) in [6, 6.07) is 13.5. The summed E-state index contributed by atoms with van der Waals surface area (Å²) in [7, 11) is 0. The molecule has 1 aliphatic carbocycles. The third-order valence-corrected chi connectivity index (χ3v) is 5.16. The maximum atomic E-state index is 12.5. The quantitative estimate of drug-likeness (QED) is 0.621. The van der Waals surface area contributed by atoms with Gasteiger partial charge in [0.1, 0.15) is 0 Å². The smallest absolute Gasteiger partial charge is 0.331 e. The van der Waals surface area contributed by atoms with E-state index in [1.165, 1.54) is 11.6 Å². The number of ether oxygens (including phenoxy) is 3. The fraction of sp³-hybridized carbons (Fsp3) is 0.304. The molecular formula is C23H23NO5. The minimum Gasteiger partial charge on any atom is -0.454 e. The first-order chi connectivity index (χ1) is 14.1. The van der Waals surface area contributed by atoms with Gasteiger partial charge in [0.05, 0.1) is 6.04 Å². The molecule has 2 aromatic carbocycles. The van der Waals surface area contributed by atoms with Gasteiger partial charge in [-0.3, -0.25) is 4.79 Å². The van der Waals surface area contributed by atoms with Gasteiger partial charge in [0.2, 0.25) is 6.79 Å². The minimum absolute atomic E-state index is 0.0437. The zero-order valence-corrected chi connectivity index (χ0v) is 16.2. The summed E-state index contributed by atoms with van der Waals surface area (Å²) >= 11 is 0. The minimum atomic E-state index is -0.877. The van der Waals surface area contributed by atoms with Gasteiger partial charge in [0.15, 0.2) is 17.6 Å². The number of carbonyl (C=O) groups is 2. The van der Waals surface area contributed by atoms with Crippen LogP contribution in [0, 0.1) is 0 Å². The predicted molar refractivity (Wildman–Crippen MR) is 107 cm³/mol. The van der Waals surface area contributed by atoms with E-state index in [1.807, 2.05) is 24.3 Å². The Hall–Kier alpha value is -3.28. The van der Waals surface area contributed by atoms with Crippen molar-refractivity contribution in [3.05, 3.63) is 65.2 Å². The van der Waals surface area contributed by atoms with Crippen LogP contribution in [0.5, 0.6) is 11.5 Å². The summed E-state index contributed by atoms with van der Waals surface area (Å²) in [4.78, 5) is 24.6. The van der Waals surface area contributed by atoms with Gasteiger partial charge in [0, 0.05) is 6.08 Å². The molecule has 2 aliphatic rings. The van der Waals surface area contributed by atoms with Crippen LogP contribution < -0.4 is 14.8 Å². The molecule has 0 spiro atoms. The molecule has 0 unspecified atom stereocenters. The van der Waals surface area contributed by atoms with Gasteiger partial charge < -0.3 is 19.5 Å². The lowest BCUT2D eigenvalue weighted by Crippen LogP contribution is -2.39. The predicted octanol–water partition coefficient (Wildman–Crippen LogP) is 3.55. The highest BCUT2D eigenvalue weighted by Crippen LogP contribution is 2.33. The molecule has 1 N–H and O–H groups in total. The second-order valence-electron chi connectivity index (χ2n) is 7.18. The lowest BCUT2D eigenvalue weighted by atomic mass is 9.87. The fourth-order valence-corrected chi connectivity index (χ4v) is 3.64. The van der Waals surface area contributed by atoms with Gasteiger partial charge in [-0.15, -0.1) is 0 Å². The van der Waals surface area contributed by atoms with Crippen molar-refractivity contribution in [2.45, 2.75) is 38.3 Å². The topological polar surface area (TPSA) is 73.9 Å². The molecule has 0 saturated heterocycles. The Morgan fingerprint density at radius 2 is 2.00 bits per heavy atom. The van der Waals surface area contributed by atoms with Crippen LogP contribution in [0.3, 0.4) is 0 Å². The first-order valence-electron chi connectivity index (χ1n) is 9.76. The van der Waals surface area contributed by atoms with Crippen LogP contribution >= 0.6 is 0 Å². The fourth-order valence-electron chi connectivity index (χ4n) is 3.64. The van der Waals surface area contributed by atoms with Gasteiger partial charge in [-0.2, -0.15) is 0 Å². The third-order valence-electron chi connectivity index (χ3n) is 5.16. The number of hydrogen-bond acceptors (Lipinski definition) is 5. The van der Waals surface area contributed by atoms with E-state index in [1.54, 1.807) is 25.1 Å². The van der Waals surface area contributed by atoms with Crippen molar-refractivity contribution in [1.29, 1.82) is 0 Å². The van der Waals surface area contributed by atoms with Gasteiger partial charge in [-0.1, -0.05) is 30.3 Å². The summed E-state index contributed by atoms with van der Waals surface area (Å²) in [6.07, 6.45) is 4.97. The van der Waals surface area contributed by atoms with Crippen LogP contribution in [-0.2, 0) is 20.7 Å². The molecule has 0 fully saturated rings. The van der Waals surface area contributed by atoms with Gasteiger partial charge in [0.25, 0.3) is 5.91 Å². The molecule has 1 heterocycles. The number of fused-ring (bicyclic) bond motifs is 2. The Morgan fingerprint density at radius 1 is 1.17 bits per heavy atom. The zero-order chi connectivity index (χ0) is 20.2. The molecule has 6 heteroatoms. The number of amides is 1. The molecule has 150 valence electrons. The van der Waals surface area contributed by atoms with E-state index in [4.69, 9.17) is 14.2 Å². The Kier molecular flexibility index (Phi) is 5.51. The van der Waals surface area contributed by atoms with Crippen molar-refractivity contribution in [2.75, 3.05) is 6.79 Å². The first kappa shape index (κ1) is 19.1. The Labute approximate surface area is 169 Å². The lowest BCUT2D eigenvalue weighted by Gasteiger charge is -2.27. The zero-order valence-electron chi connectivity index (χ0n) is 16.2. The molecule has 0 aromatic heterocycles. The van der Waals surface area contributed by atoms with Crippen molar-refractivity contribution in [3.8, 4) is 11.5 Å². The van der Waals surface area contributed by atoms with Crippen molar-refractivity contribution in [2.24, 2.45) is 0 Å². The second kappa shape index (κ2) is 8.39. The number of esters is 1. The van der Waals surface area contributed by atoms with Crippen LogP contribution in [0.25, 0.3) is 6.08 Å². The molecule has 1 aliphatic heterocycles. The SMILES string of the molecule is C[C@H](OC(=O)/C=C/c1ccc2c(c1)OCO2)C(=O)N[C@H]1CCCc2ccccc21. The van der Waals surface area contributed by atoms with E-state index >= 15 is 0 Å². The van der Waals surface area contributed by atoms with Gasteiger partial charge in [-0.05, 0) is 61.1 Å². The monoisotopic (exact) mass is 393 g/mol. The standard InChI is InChI=1S/C23H23NO5/c1-15(23(26)24-19-8-4-6-17-5-2-3-7-18(17)19)29-22(25)12-10-16-9-11-20-21(13-16)28-14-27-20/h2-3,5,7,9-13,15,19H,4,6,8,14H2,1H3,(H,24,26)/b12-10+/t15-,19-/m0/s1.